The van der Waals surface area contributed by atoms with Gasteiger partial charge in [0.25, 0.3) is 5.78 Å². The fraction of sp³-hybridized carbons (Fsp3) is 0.375. The molecule has 0 N–H and O–H groups in total. The van der Waals surface area contributed by atoms with E-state index in [9.17, 15) is 14.4 Å². The van der Waals surface area contributed by atoms with Crippen molar-refractivity contribution in [1.82, 2.24) is 0 Å². The van der Waals surface area contributed by atoms with E-state index in [0.29, 0.717) is 12.0 Å². The number of allylic oxidation sites excluding steroid dienone is 2. The lowest BCUT2D eigenvalue weighted by atomic mass is 9.94. The highest BCUT2D eigenvalue weighted by Gasteiger charge is 2.27. The molecule has 0 radical (unpaired) electrons. The average Bonchev–Trinajstić information content (AvgIpc) is 2.01. The van der Waals surface area contributed by atoms with Gasteiger partial charge >= 0.3 is 0 Å². The molecule has 0 amide bonds. The molecule has 3 nitrogen and oxygen atoms in total. The smallest absolute Gasteiger partial charge is 0.268 e. The summed E-state index contributed by atoms with van der Waals surface area (Å²) in [5.41, 5.74) is 0.467. The van der Waals surface area contributed by atoms with Crippen LogP contribution in [0.25, 0.3) is 0 Å². The molecule has 1 aliphatic carbocycles. The largest absolute Gasteiger partial charge is 0.290 e. The maximum absolute atomic E-state index is 10.9. The monoisotopic (exact) mass is 152 g/mol. The van der Waals surface area contributed by atoms with Crippen molar-refractivity contribution >= 4 is 17.3 Å². The summed E-state index contributed by atoms with van der Waals surface area (Å²) in [5, 5.41) is 0. The number of Topliss-reactive ketones (excluding diaryl/α,β-unsaturated/α-hetero) is 3. The second-order valence-electron chi connectivity index (χ2n) is 2.37. The lowest BCUT2D eigenvalue weighted by Crippen LogP contribution is -2.28. The van der Waals surface area contributed by atoms with E-state index in [1.54, 1.807) is 6.92 Å². The van der Waals surface area contributed by atoms with Crippen molar-refractivity contribution in [2.24, 2.45) is 0 Å². The van der Waals surface area contributed by atoms with Crippen molar-refractivity contribution in [1.29, 1.82) is 0 Å². The van der Waals surface area contributed by atoms with Crippen LogP contribution in [-0.2, 0) is 14.4 Å². The molecule has 0 aliphatic heterocycles. The van der Waals surface area contributed by atoms with E-state index in [4.69, 9.17) is 0 Å². The van der Waals surface area contributed by atoms with E-state index in [-0.39, 0.29) is 6.42 Å². The van der Waals surface area contributed by atoms with Gasteiger partial charge in [0.1, 0.15) is 0 Å². The minimum Gasteiger partial charge on any atom is -0.290 e. The fourth-order valence-corrected chi connectivity index (χ4v) is 0.979. The Bertz CT molecular complexity index is 261. The normalized spacial score (nSPS) is 18.6. The Morgan fingerprint density at radius 3 is 2.45 bits per heavy atom. The molecular formula is C8H8O3. The molecule has 0 heterocycles. The molecule has 0 atom stereocenters. The molecule has 1 aliphatic rings. The van der Waals surface area contributed by atoms with E-state index >= 15 is 0 Å². The summed E-state index contributed by atoms with van der Waals surface area (Å²) in [7, 11) is 0. The molecule has 0 unspecified atom stereocenters. The number of carbonyl (C=O) groups excluding carboxylic acids is 3. The standard InChI is InChI=1S/C8H8O3/c1-2-5-3-4-6(9)8(11)7(5)10/h3H,2,4H2,1H3. The van der Waals surface area contributed by atoms with Gasteiger partial charge in [-0.2, -0.15) is 0 Å². The molecule has 0 saturated heterocycles. The zero-order valence-corrected chi connectivity index (χ0v) is 6.22. The van der Waals surface area contributed by atoms with Crippen LogP contribution in [0.2, 0.25) is 0 Å². The highest BCUT2D eigenvalue weighted by Crippen LogP contribution is 2.11. The van der Waals surface area contributed by atoms with Crippen LogP contribution in [0.4, 0.5) is 0 Å². The Kier molecular flexibility index (Phi) is 1.98. The Morgan fingerprint density at radius 2 is 1.91 bits per heavy atom. The number of rotatable bonds is 1. The van der Waals surface area contributed by atoms with Crippen LogP contribution in [0.5, 0.6) is 0 Å². The van der Waals surface area contributed by atoms with Gasteiger partial charge < -0.3 is 0 Å². The zero-order valence-electron chi connectivity index (χ0n) is 6.22. The van der Waals surface area contributed by atoms with Crippen molar-refractivity contribution in [2.45, 2.75) is 19.8 Å². The summed E-state index contributed by atoms with van der Waals surface area (Å²) in [4.78, 5) is 32.3. The molecule has 0 aromatic rings. The van der Waals surface area contributed by atoms with Gasteiger partial charge in [0, 0.05) is 6.42 Å². The van der Waals surface area contributed by atoms with Gasteiger partial charge in [0.15, 0.2) is 0 Å². The average molecular weight is 152 g/mol. The first-order valence-corrected chi connectivity index (χ1v) is 3.47. The SMILES string of the molecule is CCC1=CCC(=O)C(=O)C1=O. The Morgan fingerprint density at radius 1 is 1.27 bits per heavy atom. The van der Waals surface area contributed by atoms with Crippen LogP contribution >= 0.6 is 0 Å². The van der Waals surface area contributed by atoms with E-state index in [2.05, 4.69) is 0 Å². The Balaban J connectivity index is 2.97. The van der Waals surface area contributed by atoms with Crippen LogP contribution < -0.4 is 0 Å². The molecule has 11 heavy (non-hydrogen) atoms. The van der Waals surface area contributed by atoms with Crippen molar-refractivity contribution in [3.8, 4) is 0 Å². The summed E-state index contributed by atoms with van der Waals surface area (Å²) in [6.45, 7) is 1.78. The third kappa shape index (κ3) is 1.27. The van der Waals surface area contributed by atoms with Gasteiger partial charge in [-0.3, -0.25) is 14.4 Å². The van der Waals surface area contributed by atoms with E-state index in [1.807, 2.05) is 0 Å². The molecule has 0 fully saturated rings. The molecule has 58 valence electrons. The van der Waals surface area contributed by atoms with Crippen LogP contribution in [0.1, 0.15) is 19.8 Å². The molecular weight excluding hydrogens is 144 g/mol. The molecule has 0 spiro atoms. The van der Waals surface area contributed by atoms with Crippen LogP contribution in [0.15, 0.2) is 11.6 Å². The molecule has 0 saturated carbocycles. The number of carbonyl (C=O) groups is 3. The zero-order chi connectivity index (χ0) is 8.43. The number of hydrogen-bond acceptors (Lipinski definition) is 3. The predicted molar refractivity (Wildman–Crippen MR) is 38.0 cm³/mol. The minimum absolute atomic E-state index is 0.0910. The van der Waals surface area contributed by atoms with E-state index in [1.165, 1.54) is 6.08 Å². The summed E-state index contributed by atoms with van der Waals surface area (Å²) in [6.07, 6.45) is 2.15. The van der Waals surface area contributed by atoms with E-state index < -0.39 is 17.3 Å². The van der Waals surface area contributed by atoms with Gasteiger partial charge in [-0.05, 0) is 12.0 Å². The van der Waals surface area contributed by atoms with Crippen molar-refractivity contribution in [3.05, 3.63) is 11.6 Å². The molecule has 1 rings (SSSR count). The number of ketones is 3. The summed E-state index contributed by atoms with van der Waals surface area (Å²) < 4.78 is 0. The second-order valence-corrected chi connectivity index (χ2v) is 2.37. The Labute approximate surface area is 64.1 Å². The molecule has 0 bridgehead atoms. The van der Waals surface area contributed by atoms with Gasteiger partial charge in [-0.25, -0.2) is 0 Å². The van der Waals surface area contributed by atoms with Crippen molar-refractivity contribution in [2.75, 3.05) is 0 Å². The van der Waals surface area contributed by atoms with Crippen molar-refractivity contribution in [3.63, 3.8) is 0 Å². The maximum Gasteiger partial charge on any atom is 0.268 e. The quantitative estimate of drug-likeness (QED) is 0.512. The van der Waals surface area contributed by atoms with Gasteiger partial charge in [-0.15, -0.1) is 0 Å². The highest BCUT2D eigenvalue weighted by atomic mass is 16.2. The third-order valence-corrected chi connectivity index (χ3v) is 1.67. The Hall–Kier alpha value is -1.25. The number of hydrogen-bond donors (Lipinski definition) is 0. The maximum atomic E-state index is 10.9. The minimum atomic E-state index is -0.857. The lowest BCUT2D eigenvalue weighted by molar-refractivity contribution is -0.143. The first-order valence-electron chi connectivity index (χ1n) is 3.47. The summed E-state index contributed by atoms with van der Waals surface area (Å²) in [6, 6.07) is 0. The van der Waals surface area contributed by atoms with Gasteiger partial charge in [-0.1, -0.05) is 13.0 Å². The molecule has 0 aromatic heterocycles. The van der Waals surface area contributed by atoms with Gasteiger partial charge in [0.05, 0.1) is 0 Å². The summed E-state index contributed by atoms with van der Waals surface area (Å²) in [5.74, 6) is -2.07. The first-order chi connectivity index (χ1) is 5.16. The first kappa shape index (κ1) is 7.85. The molecule has 0 aromatic carbocycles. The fourth-order valence-electron chi connectivity index (χ4n) is 0.979. The lowest BCUT2D eigenvalue weighted by Gasteiger charge is -2.06. The highest BCUT2D eigenvalue weighted by molar-refractivity contribution is 6.68. The van der Waals surface area contributed by atoms with E-state index in [0.717, 1.165) is 0 Å². The molecule has 3 heteroatoms. The van der Waals surface area contributed by atoms with Gasteiger partial charge in [0.2, 0.25) is 11.6 Å². The third-order valence-electron chi connectivity index (χ3n) is 1.67. The van der Waals surface area contributed by atoms with Crippen LogP contribution in [-0.4, -0.2) is 17.3 Å². The predicted octanol–water partition coefficient (Wildman–Crippen LogP) is 0.434. The van der Waals surface area contributed by atoms with Crippen LogP contribution in [0.3, 0.4) is 0 Å². The topological polar surface area (TPSA) is 51.2 Å². The van der Waals surface area contributed by atoms with Crippen LogP contribution in [0, 0.1) is 0 Å². The van der Waals surface area contributed by atoms with Crippen molar-refractivity contribution < 1.29 is 14.4 Å². The second kappa shape index (κ2) is 2.78. The summed E-state index contributed by atoms with van der Waals surface area (Å²) >= 11 is 0.